The Labute approximate surface area is 124 Å². The molecule has 0 spiro atoms. The highest BCUT2D eigenvalue weighted by Crippen LogP contribution is 2.29. The predicted molar refractivity (Wildman–Crippen MR) is 83.7 cm³/mol. The van der Waals surface area contributed by atoms with E-state index in [-0.39, 0.29) is 12.1 Å². The zero-order valence-corrected chi connectivity index (χ0v) is 13.5. The molecule has 1 unspecified atom stereocenters. The van der Waals surface area contributed by atoms with Crippen molar-refractivity contribution >= 4 is 21.6 Å². The molecule has 0 saturated carbocycles. The number of hydrogen-bond donors (Lipinski definition) is 1. The van der Waals surface area contributed by atoms with E-state index in [2.05, 4.69) is 70.9 Å². The van der Waals surface area contributed by atoms with E-state index in [0.29, 0.717) is 6.04 Å². The lowest BCUT2D eigenvalue weighted by Gasteiger charge is -2.50. The zero-order chi connectivity index (χ0) is 14.0. The molecule has 1 aromatic carbocycles. The first-order chi connectivity index (χ1) is 8.94. The van der Waals surface area contributed by atoms with Crippen molar-refractivity contribution in [1.29, 1.82) is 0 Å². The first kappa shape index (κ1) is 14.8. The molecule has 106 valence electrons. The van der Waals surface area contributed by atoms with E-state index in [1.54, 1.807) is 0 Å². The number of halogens is 1. The van der Waals surface area contributed by atoms with Crippen LogP contribution in [-0.2, 0) is 0 Å². The Morgan fingerprint density at radius 1 is 1.32 bits per heavy atom. The van der Waals surface area contributed by atoms with Gasteiger partial charge >= 0.3 is 0 Å². The number of benzene rings is 1. The Morgan fingerprint density at radius 3 is 2.53 bits per heavy atom. The van der Waals surface area contributed by atoms with Crippen LogP contribution in [0, 0.1) is 0 Å². The summed E-state index contributed by atoms with van der Waals surface area (Å²) < 4.78 is 1.10. The van der Waals surface area contributed by atoms with Gasteiger partial charge in [-0.3, -0.25) is 4.90 Å². The fourth-order valence-corrected chi connectivity index (χ4v) is 2.92. The first-order valence-electron chi connectivity index (χ1n) is 6.78. The van der Waals surface area contributed by atoms with Crippen molar-refractivity contribution in [2.45, 2.75) is 31.8 Å². The van der Waals surface area contributed by atoms with E-state index in [4.69, 9.17) is 0 Å². The van der Waals surface area contributed by atoms with Crippen molar-refractivity contribution in [3.63, 3.8) is 0 Å². The third-order valence-electron chi connectivity index (χ3n) is 4.14. The molecule has 1 heterocycles. The molecule has 1 aromatic rings. The smallest absolute Gasteiger partial charge is 0.0451 e. The van der Waals surface area contributed by atoms with Gasteiger partial charge in [-0.1, -0.05) is 15.9 Å². The van der Waals surface area contributed by atoms with Crippen LogP contribution >= 0.6 is 15.9 Å². The van der Waals surface area contributed by atoms with Crippen LogP contribution in [0.4, 0.5) is 5.69 Å². The van der Waals surface area contributed by atoms with Gasteiger partial charge in [0.05, 0.1) is 0 Å². The van der Waals surface area contributed by atoms with E-state index < -0.39 is 0 Å². The third kappa shape index (κ3) is 3.30. The molecular weight excluding hydrogens is 304 g/mol. The maximum absolute atomic E-state index is 9.29. The molecule has 1 aliphatic heterocycles. The zero-order valence-electron chi connectivity index (χ0n) is 11.9. The number of likely N-dealkylation sites (N-methyl/N-ethyl adjacent to an activating group) is 1. The van der Waals surface area contributed by atoms with Crippen molar-refractivity contribution in [2.24, 2.45) is 0 Å². The lowest BCUT2D eigenvalue weighted by molar-refractivity contribution is 0.105. The summed E-state index contributed by atoms with van der Waals surface area (Å²) in [6.07, 6.45) is 0.816. The second kappa shape index (κ2) is 5.81. The van der Waals surface area contributed by atoms with Crippen LogP contribution in [0.3, 0.4) is 0 Å². The van der Waals surface area contributed by atoms with Crippen LogP contribution in [0.15, 0.2) is 28.7 Å². The van der Waals surface area contributed by atoms with Gasteiger partial charge in [0.15, 0.2) is 0 Å². The van der Waals surface area contributed by atoms with E-state index >= 15 is 0 Å². The average Bonchev–Trinajstić information content (AvgIpc) is 2.35. The number of aliphatic hydroxyl groups excluding tert-OH is 1. The standard InChI is InChI=1S/C15H23BrN2O/c1-15(2)11-18(13-6-4-12(16)5-7-13)14(8-9-19)10-17(15)3/h4-7,14,19H,8-11H2,1-3H3. The van der Waals surface area contributed by atoms with Crippen LogP contribution in [-0.4, -0.2) is 48.3 Å². The van der Waals surface area contributed by atoms with E-state index in [1.807, 2.05) is 0 Å². The summed E-state index contributed by atoms with van der Waals surface area (Å²) in [7, 11) is 2.17. The molecular formula is C15H23BrN2O. The highest BCUT2D eigenvalue weighted by atomic mass is 79.9. The van der Waals surface area contributed by atoms with Crippen LogP contribution in [0.5, 0.6) is 0 Å². The molecule has 4 heteroatoms. The Kier molecular flexibility index (Phi) is 4.54. The second-order valence-electron chi connectivity index (χ2n) is 5.96. The van der Waals surface area contributed by atoms with Gasteiger partial charge in [0.2, 0.25) is 0 Å². The molecule has 0 aliphatic carbocycles. The van der Waals surface area contributed by atoms with E-state index in [0.717, 1.165) is 24.0 Å². The molecule has 19 heavy (non-hydrogen) atoms. The molecule has 0 radical (unpaired) electrons. The minimum absolute atomic E-state index is 0.152. The molecule has 2 rings (SSSR count). The Morgan fingerprint density at radius 2 is 1.95 bits per heavy atom. The first-order valence-corrected chi connectivity index (χ1v) is 7.57. The second-order valence-corrected chi connectivity index (χ2v) is 6.88. The summed E-state index contributed by atoms with van der Waals surface area (Å²) in [5.41, 5.74) is 1.39. The molecule has 0 bridgehead atoms. The van der Waals surface area contributed by atoms with Gasteiger partial charge in [0.25, 0.3) is 0 Å². The van der Waals surface area contributed by atoms with Gasteiger partial charge in [-0.05, 0) is 51.6 Å². The summed E-state index contributed by atoms with van der Waals surface area (Å²) in [5.74, 6) is 0. The molecule has 3 nitrogen and oxygen atoms in total. The molecule has 1 atom stereocenters. The summed E-state index contributed by atoms with van der Waals surface area (Å²) in [6.45, 7) is 6.76. The lowest BCUT2D eigenvalue weighted by Crippen LogP contribution is -2.62. The normalized spacial score (nSPS) is 23.6. The van der Waals surface area contributed by atoms with Crippen LogP contribution < -0.4 is 4.90 Å². The molecule has 1 N–H and O–H groups in total. The lowest BCUT2D eigenvalue weighted by atomic mass is 9.94. The average molecular weight is 327 g/mol. The van der Waals surface area contributed by atoms with Crippen LogP contribution in [0.25, 0.3) is 0 Å². The molecule has 0 aromatic heterocycles. The predicted octanol–water partition coefficient (Wildman–Crippen LogP) is 2.73. The number of aliphatic hydroxyl groups is 1. The molecule has 1 saturated heterocycles. The highest BCUT2D eigenvalue weighted by Gasteiger charge is 2.36. The van der Waals surface area contributed by atoms with Crippen molar-refractivity contribution in [3.8, 4) is 0 Å². The minimum Gasteiger partial charge on any atom is -0.396 e. The Bertz CT molecular complexity index is 419. The van der Waals surface area contributed by atoms with Gasteiger partial charge < -0.3 is 10.0 Å². The van der Waals surface area contributed by atoms with Crippen LogP contribution in [0.2, 0.25) is 0 Å². The number of hydrogen-bond acceptors (Lipinski definition) is 3. The topological polar surface area (TPSA) is 26.7 Å². The molecule has 1 aliphatic rings. The van der Waals surface area contributed by atoms with Crippen LogP contribution in [0.1, 0.15) is 20.3 Å². The van der Waals surface area contributed by atoms with Crippen molar-refractivity contribution < 1.29 is 5.11 Å². The maximum atomic E-state index is 9.29. The Balaban J connectivity index is 2.25. The number of nitrogens with zero attached hydrogens (tertiary/aromatic N) is 2. The number of rotatable bonds is 3. The van der Waals surface area contributed by atoms with Gasteiger partial charge in [-0.2, -0.15) is 0 Å². The van der Waals surface area contributed by atoms with E-state index in [1.165, 1.54) is 5.69 Å². The van der Waals surface area contributed by atoms with Crippen molar-refractivity contribution in [1.82, 2.24) is 4.90 Å². The molecule has 0 amide bonds. The summed E-state index contributed by atoms with van der Waals surface area (Å²) in [6, 6.07) is 8.84. The van der Waals surface area contributed by atoms with Gasteiger partial charge in [0, 0.05) is 41.4 Å². The summed E-state index contributed by atoms with van der Waals surface area (Å²) in [4.78, 5) is 4.82. The highest BCUT2D eigenvalue weighted by molar-refractivity contribution is 9.10. The third-order valence-corrected chi connectivity index (χ3v) is 4.67. The fourth-order valence-electron chi connectivity index (χ4n) is 2.66. The minimum atomic E-state index is 0.152. The number of anilines is 1. The fraction of sp³-hybridized carbons (Fsp3) is 0.600. The largest absolute Gasteiger partial charge is 0.396 e. The quantitative estimate of drug-likeness (QED) is 0.925. The van der Waals surface area contributed by atoms with E-state index in [9.17, 15) is 5.11 Å². The van der Waals surface area contributed by atoms with Gasteiger partial charge in [-0.25, -0.2) is 0 Å². The SMILES string of the molecule is CN1CC(CCO)N(c2ccc(Br)cc2)CC1(C)C. The summed E-state index contributed by atoms with van der Waals surface area (Å²) >= 11 is 3.48. The Hall–Kier alpha value is -0.580. The molecule has 1 fully saturated rings. The maximum Gasteiger partial charge on any atom is 0.0451 e. The van der Waals surface area contributed by atoms with Crippen molar-refractivity contribution in [2.75, 3.05) is 31.6 Å². The monoisotopic (exact) mass is 326 g/mol. The van der Waals surface area contributed by atoms with Gasteiger partial charge in [0.1, 0.15) is 0 Å². The summed E-state index contributed by atoms with van der Waals surface area (Å²) in [5, 5.41) is 9.29. The number of piperazine rings is 1. The van der Waals surface area contributed by atoms with Crippen molar-refractivity contribution in [3.05, 3.63) is 28.7 Å². The van der Waals surface area contributed by atoms with Gasteiger partial charge in [-0.15, -0.1) is 0 Å².